The molecule has 1 heterocycles. The first-order valence-electron chi connectivity index (χ1n) is 9.02. The van der Waals surface area contributed by atoms with Gasteiger partial charge in [-0.2, -0.15) is 0 Å². The number of nitrogens with zero attached hydrogens (tertiary/aromatic N) is 1. The number of urea groups is 1. The van der Waals surface area contributed by atoms with Gasteiger partial charge in [-0.1, -0.05) is 44.5 Å². The number of rotatable bonds is 6. The third kappa shape index (κ3) is 5.99. The van der Waals surface area contributed by atoms with Crippen molar-refractivity contribution in [3.63, 3.8) is 0 Å². The Hall–Kier alpha value is -1.26. The number of likely N-dealkylation sites (tertiary alicyclic amines) is 1. The third-order valence-corrected chi connectivity index (χ3v) is 4.78. The van der Waals surface area contributed by atoms with Gasteiger partial charge in [0.05, 0.1) is 6.04 Å². The largest absolute Gasteiger partial charge is 0.335 e. The van der Waals surface area contributed by atoms with Crippen LogP contribution in [0.2, 0.25) is 5.02 Å². The monoisotopic (exact) mass is 351 g/mol. The zero-order valence-corrected chi connectivity index (χ0v) is 15.8. The molecule has 134 valence electrons. The topological polar surface area (TPSA) is 44.4 Å². The molecule has 5 heteroatoms. The van der Waals surface area contributed by atoms with Crippen LogP contribution < -0.4 is 10.6 Å². The van der Waals surface area contributed by atoms with E-state index >= 15 is 0 Å². The molecule has 0 unspecified atom stereocenters. The number of hydrogen-bond acceptors (Lipinski definition) is 2. The second kappa shape index (κ2) is 9.28. The van der Waals surface area contributed by atoms with Crippen molar-refractivity contribution in [2.45, 2.75) is 52.1 Å². The van der Waals surface area contributed by atoms with Crippen LogP contribution in [0.4, 0.5) is 4.79 Å². The molecule has 2 N–H and O–H groups in total. The van der Waals surface area contributed by atoms with Gasteiger partial charge < -0.3 is 15.5 Å². The number of halogens is 1. The van der Waals surface area contributed by atoms with E-state index < -0.39 is 0 Å². The van der Waals surface area contributed by atoms with Crippen LogP contribution in [-0.4, -0.2) is 36.6 Å². The summed E-state index contributed by atoms with van der Waals surface area (Å²) in [6, 6.07) is 7.90. The zero-order valence-electron chi connectivity index (χ0n) is 15.0. The Balaban J connectivity index is 1.79. The van der Waals surface area contributed by atoms with E-state index in [4.69, 9.17) is 11.6 Å². The molecule has 1 fully saturated rings. The van der Waals surface area contributed by atoms with Crippen LogP contribution in [-0.2, 0) is 0 Å². The van der Waals surface area contributed by atoms with Crippen LogP contribution in [0.3, 0.4) is 0 Å². The number of benzene rings is 1. The van der Waals surface area contributed by atoms with Gasteiger partial charge >= 0.3 is 6.03 Å². The quantitative estimate of drug-likeness (QED) is 0.806. The predicted octanol–water partition coefficient (Wildman–Crippen LogP) is 4.21. The summed E-state index contributed by atoms with van der Waals surface area (Å²) in [5, 5.41) is 6.94. The Morgan fingerprint density at radius 1 is 1.25 bits per heavy atom. The molecule has 0 spiro atoms. The average molecular weight is 352 g/mol. The number of hydrogen-bond donors (Lipinski definition) is 2. The van der Waals surface area contributed by atoms with E-state index in [1.807, 2.05) is 24.3 Å². The van der Waals surface area contributed by atoms with Gasteiger partial charge in [0.25, 0.3) is 0 Å². The smallest absolute Gasteiger partial charge is 0.315 e. The van der Waals surface area contributed by atoms with Crippen LogP contribution in [0.25, 0.3) is 0 Å². The second-order valence-electron chi connectivity index (χ2n) is 7.10. The maximum Gasteiger partial charge on any atom is 0.315 e. The minimum Gasteiger partial charge on any atom is -0.335 e. The molecule has 0 saturated carbocycles. The molecule has 24 heavy (non-hydrogen) atoms. The molecule has 1 atom stereocenters. The predicted molar refractivity (Wildman–Crippen MR) is 100 cm³/mol. The minimum atomic E-state index is -0.0703. The molecule has 2 amide bonds. The van der Waals surface area contributed by atoms with E-state index in [0.717, 1.165) is 44.5 Å². The Bertz CT molecular complexity index is 510. The van der Waals surface area contributed by atoms with Crippen molar-refractivity contribution in [3.05, 3.63) is 34.9 Å². The molecule has 1 aromatic carbocycles. The highest BCUT2D eigenvalue weighted by Crippen LogP contribution is 2.19. The average Bonchev–Trinajstić information content (AvgIpc) is 2.55. The lowest BCUT2D eigenvalue weighted by Gasteiger charge is -2.33. The molecule has 0 radical (unpaired) electrons. The minimum absolute atomic E-state index is 0.0169. The van der Waals surface area contributed by atoms with Gasteiger partial charge in [0.2, 0.25) is 0 Å². The Kier molecular flexibility index (Phi) is 7.38. The molecule has 2 rings (SSSR count). The van der Waals surface area contributed by atoms with E-state index in [9.17, 15) is 4.79 Å². The van der Waals surface area contributed by atoms with Gasteiger partial charge in [0.15, 0.2) is 0 Å². The Morgan fingerprint density at radius 3 is 2.42 bits per heavy atom. The van der Waals surface area contributed by atoms with E-state index in [-0.39, 0.29) is 18.1 Å². The van der Waals surface area contributed by atoms with Crippen molar-refractivity contribution in [3.8, 4) is 0 Å². The molecule has 1 aromatic rings. The van der Waals surface area contributed by atoms with E-state index in [2.05, 4.69) is 36.3 Å². The molecule has 1 saturated heterocycles. The SMILES string of the molecule is CC[C@H](NC(=O)NC1CCN(CC(C)C)CC1)c1ccc(Cl)cc1. The van der Waals surface area contributed by atoms with Crippen molar-refractivity contribution in [2.75, 3.05) is 19.6 Å². The fraction of sp³-hybridized carbons (Fsp3) is 0.632. The van der Waals surface area contributed by atoms with Crippen LogP contribution in [0.5, 0.6) is 0 Å². The zero-order chi connectivity index (χ0) is 17.5. The summed E-state index contributed by atoms with van der Waals surface area (Å²) in [7, 11) is 0. The van der Waals surface area contributed by atoms with Crippen LogP contribution in [0.15, 0.2) is 24.3 Å². The highest BCUT2D eigenvalue weighted by molar-refractivity contribution is 6.30. The second-order valence-corrected chi connectivity index (χ2v) is 7.54. The molecular formula is C19H30ClN3O. The van der Waals surface area contributed by atoms with Gasteiger partial charge in [-0.05, 0) is 42.9 Å². The fourth-order valence-corrected chi connectivity index (χ4v) is 3.40. The summed E-state index contributed by atoms with van der Waals surface area (Å²) < 4.78 is 0. The van der Waals surface area contributed by atoms with Gasteiger partial charge in [-0.15, -0.1) is 0 Å². The normalized spacial score (nSPS) is 17.7. The van der Waals surface area contributed by atoms with Crippen molar-refractivity contribution in [1.29, 1.82) is 0 Å². The van der Waals surface area contributed by atoms with Gasteiger partial charge in [0, 0.05) is 30.7 Å². The van der Waals surface area contributed by atoms with E-state index in [1.54, 1.807) is 0 Å². The molecule has 4 nitrogen and oxygen atoms in total. The van der Waals surface area contributed by atoms with Crippen LogP contribution in [0.1, 0.15) is 51.6 Å². The summed E-state index contributed by atoms with van der Waals surface area (Å²) in [6.07, 6.45) is 2.90. The standard InChI is InChI=1S/C19H30ClN3O/c1-4-18(15-5-7-16(20)8-6-15)22-19(24)21-17-9-11-23(12-10-17)13-14(2)3/h5-8,14,17-18H,4,9-13H2,1-3H3,(H2,21,22,24)/t18-/m0/s1. The van der Waals surface area contributed by atoms with Crippen molar-refractivity contribution >= 4 is 17.6 Å². The number of nitrogens with one attached hydrogen (secondary N) is 2. The van der Waals surface area contributed by atoms with Gasteiger partial charge in [-0.25, -0.2) is 4.79 Å². The highest BCUT2D eigenvalue weighted by atomic mass is 35.5. The Labute approximate surface area is 150 Å². The summed E-state index contributed by atoms with van der Waals surface area (Å²) in [5.74, 6) is 0.697. The first-order valence-corrected chi connectivity index (χ1v) is 9.40. The molecule has 0 aliphatic carbocycles. The lowest BCUT2D eigenvalue weighted by Crippen LogP contribution is -2.48. The molecule has 0 bridgehead atoms. The maximum atomic E-state index is 12.3. The molecule has 1 aliphatic heterocycles. The third-order valence-electron chi connectivity index (χ3n) is 4.53. The van der Waals surface area contributed by atoms with E-state index in [1.165, 1.54) is 0 Å². The number of carbonyl (C=O) groups is 1. The first-order chi connectivity index (χ1) is 11.5. The summed E-state index contributed by atoms with van der Waals surface area (Å²) >= 11 is 5.93. The first kappa shape index (κ1) is 19.1. The molecule has 0 aromatic heterocycles. The lowest BCUT2D eigenvalue weighted by atomic mass is 10.0. The van der Waals surface area contributed by atoms with Gasteiger partial charge in [-0.3, -0.25) is 0 Å². The maximum absolute atomic E-state index is 12.3. The van der Waals surface area contributed by atoms with Crippen LogP contribution >= 0.6 is 11.6 Å². The number of carbonyl (C=O) groups excluding carboxylic acids is 1. The van der Waals surface area contributed by atoms with Crippen molar-refractivity contribution in [1.82, 2.24) is 15.5 Å². The lowest BCUT2D eigenvalue weighted by molar-refractivity contribution is 0.177. The Morgan fingerprint density at radius 2 is 1.88 bits per heavy atom. The fourth-order valence-electron chi connectivity index (χ4n) is 3.28. The number of piperidine rings is 1. The van der Waals surface area contributed by atoms with Crippen molar-refractivity contribution in [2.24, 2.45) is 5.92 Å². The summed E-state index contributed by atoms with van der Waals surface area (Å²) in [5.41, 5.74) is 1.09. The van der Waals surface area contributed by atoms with E-state index in [0.29, 0.717) is 10.9 Å². The highest BCUT2D eigenvalue weighted by Gasteiger charge is 2.22. The molecular weight excluding hydrogens is 322 g/mol. The summed E-state index contributed by atoms with van der Waals surface area (Å²) in [4.78, 5) is 14.8. The van der Waals surface area contributed by atoms with Crippen molar-refractivity contribution < 1.29 is 4.79 Å². The summed E-state index contributed by atoms with van der Waals surface area (Å²) in [6.45, 7) is 9.85. The van der Waals surface area contributed by atoms with Crippen LogP contribution in [0, 0.1) is 5.92 Å². The number of amides is 2. The molecule has 1 aliphatic rings. The van der Waals surface area contributed by atoms with Gasteiger partial charge in [0.1, 0.15) is 0 Å².